The fraction of sp³-hybridized carbons (Fsp3) is 0.636. The molecule has 0 saturated heterocycles. The Morgan fingerprint density at radius 1 is 1.50 bits per heavy atom. The van der Waals surface area contributed by atoms with E-state index in [1.165, 1.54) is 6.33 Å². The van der Waals surface area contributed by atoms with Crippen molar-refractivity contribution in [2.45, 2.75) is 20.3 Å². The van der Waals surface area contributed by atoms with Gasteiger partial charge in [-0.1, -0.05) is 25.4 Å². The molecule has 0 aliphatic rings. The molecule has 1 aromatic heterocycles. The molecular formula is C11H19ClN4. The van der Waals surface area contributed by atoms with Crippen LogP contribution in [0.4, 0.5) is 5.82 Å². The van der Waals surface area contributed by atoms with Crippen LogP contribution in [0.1, 0.15) is 20.3 Å². The van der Waals surface area contributed by atoms with Crippen molar-refractivity contribution in [2.75, 3.05) is 24.5 Å². The van der Waals surface area contributed by atoms with Crippen molar-refractivity contribution in [3.8, 4) is 0 Å². The summed E-state index contributed by atoms with van der Waals surface area (Å²) in [5, 5.41) is 0.597. The Bertz CT molecular complexity index is 317. The minimum absolute atomic E-state index is 0.559. The molecule has 4 nitrogen and oxygen atoms in total. The van der Waals surface area contributed by atoms with Crippen LogP contribution in [-0.4, -0.2) is 29.6 Å². The lowest BCUT2D eigenvalue weighted by molar-refractivity contribution is 0.596. The lowest BCUT2D eigenvalue weighted by Gasteiger charge is -2.25. The highest BCUT2D eigenvalue weighted by atomic mass is 35.5. The number of hydrogen-bond acceptors (Lipinski definition) is 4. The Hall–Kier alpha value is -0.870. The van der Waals surface area contributed by atoms with Gasteiger partial charge in [0.1, 0.15) is 11.3 Å². The molecule has 5 heteroatoms. The van der Waals surface area contributed by atoms with Crippen molar-refractivity contribution in [3.63, 3.8) is 0 Å². The molecule has 0 aliphatic heterocycles. The first-order valence-corrected chi connectivity index (χ1v) is 5.93. The molecule has 0 fully saturated rings. The van der Waals surface area contributed by atoms with E-state index in [4.69, 9.17) is 17.3 Å². The number of rotatable bonds is 6. The number of hydrogen-bond donors (Lipinski definition) is 1. The second kappa shape index (κ2) is 6.66. The molecule has 16 heavy (non-hydrogen) atoms. The third-order valence-electron chi connectivity index (χ3n) is 2.17. The van der Waals surface area contributed by atoms with Crippen LogP contribution in [0.5, 0.6) is 0 Å². The molecule has 0 saturated carbocycles. The minimum atomic E-state index is 0.559. The van der Waals surface area contributed by atoms with Crippen molar-refractivity contribution in [1.29, 1.82) is 0 Å². The Morgan fingerprint density at radius 3 is 2.81 bits per heavy atom. The van der Waals surface area contributed by atoms with Crippen LogP contribution in [0, 0.1) is 5.92 Å². The minimum Gasteiger partial charge on any atom is -0.355 e. The zero-order valence-electron chi connectivity index (χ0n) is 9.86. The molecule has 0 atom stereocenters. The monoisotopic (exact) mass is 242 g/mol. The number of halogens is 1. The molecule has 2 N–H and O–H groups in total. The van der Waals surface area contributed by atoms with Crippen molar-refractivity contribution >= 4 is 17.4 Å². The third-order valence-corrected chi connectivity index (χ3v) is 2.43. The van der Waals surface area contributed by atoms with Gasteiger partial charge in [0.15, 0.2) is 5.82 Å². The van der Waals surface area contributed by atoms with Crippen molar-refractivity contribution < 1.29 is 0 Å². The van der Waals surface area contributed by atoms with E-state index in [1.807, 2.05) is 0 Å². The van der Waals surface area contributed by atoms with Gasteiger partial charge in [-0.3, -0.25) is 0 Å². The van der Waals surface area contributed by atoms with Crippen molar-refractivity contribution in [3.05, 3.63) is 17.5 Å². The van der Waals surface area contributed by atoms with Crippen LogP contribution in [0.25, 0.3) is 0 Å². The third kappa shape index (κ3) is 3.94. The van der Waals surface area contributed by atoms with E-state index in [9.17, 15) is 0 Å². The summed E-state index contributed by atoms with van der Waals surface area (Å²) in [5.41, 5.74) is 5.53. The van der Waals surface area contributed by atoms with Gasteiger partial charge in [0.2, 0.25) is 0 Å². The summed E-state index contributed by atoms with van der Waals surface area (Å²) in [6, 6.07) is 0. The van der Waals surface area contributed by atoms with E-state index in [0.29, 0.717) is 17.5 Å². The molecular weight excluding hydrogens is 224 g/mol. The van der Waals surface area contributed by atoms with Crippen LogP contribution in [0.15, 0.2) is 12.5 Å². The summed E-state index contributed by atoms with van der Waals surface area (Å²) in [5.74, 6) is 1.36. The standard InChI is InChI=1S/C11H19ClN4/c1-9(2)7-16(5-3-4-13)11-10(12)6-14-8-15-11/h6,8-9H,3-5,7,13H2,1-2H3. The van der Waals surface area contributed by atoms with Crippen LogP contribution in [0.3, 0.4) is 0 Å². The fourth-order valence-corrected chi connectivity index (χ4v) is 1.77. The smallest absolute Gasteiger partial charge is 0.150 e. The van der Waals surface area contributed by atoms with Gasteiger partial charge in [-0.25, -0.2) is 9.97 Å². The van der Waals surface area contributed by atoms with Gasteiger partial charge in [-0.2, -0.15) is 0 Å². The van der Waals surface area contributed by atoms with E-state index in [2.05, 4.69) is 28.7 Å². The normalized spacial score (nSPS) is 10.8. The second-order valence-corrected chi connectivity index (χ2v) is 4.58. The molecule has 0 aromatic carbocycles. The predicted octanol–water partition coefficient (Wildman–Crippen LogP) is 1.94. The second-order valence-electron chi connectivity index (χ2n) is 4.18. The predicted molar refractivity (Wildman–Crippen MR) is 67.8 cm³/mol. The maximum atomic E-state index is 6.08. The maximum Gasteiger partial charge on any atom is 0.150 e. The first kappa shape index (κ1) is 13.2. The fourth-order valence-electron chi connectivity index (χ4n) is 1.55. The van der Waals surface area contributed by atoms with Crippen molar-refractivity contribution in [1.82, 2.24) is 9.97 Å². The van der Waals surface area contributed by atoms with Crippen LogP contribution in [-0.2, 0) is 0 Å². The van der Waals surface area contributed by atoms with E-state index in [-0.39, 0.29) is 0 Å². The van der Waals surface area contributed by atoms with Gasteiger partial charge in [-0.15, -0.1) is 0 Å². The first-order chi connectivity index (χ1) is 7.65. The van der Waals surface area contributed by atoms with Gasteiger partial charge in [0.05, 0.1) is 6.20 Å². The lowest BCUT2D eigenvalue weighted by Crippen LogP contribution is -2.31. The summed E-state index contributed by atoms with van der Waals surface area (Å²) in [6.07, 6.45) is 4.09. The number of nitrogens with two attached hydrogens (primary N) is 1. The van der Waals surface area contributed by atoms with E-state index < -0.39 is 0 Å². The van der Waals surface area contributed by atoms with E-state index >= 15 is 0 Å². The summed E-state index contributed by atoms with van der Waals surface area (Å²) in [4.78, 5) is 10.3. The Morgan fingerprint density at radius 2 is 2.25 bits per heavy atom. The SMILES string of the molecule is CC(C)CN(CCCN)c1ncncc1Cl. The number of anilines is 1. The lowest BCUT2D eigenvalue weighted by atomic mass is 10.2. The quantitative estimate of drug-likeness (QED) is 0.829. The zero-order valence-corrected chi connectivity index (χ0v) is 10.6. The number of nitrogens with zero attached hydrogens (tertiary/aromatic N) is 3. The average molecular weight is 243 g/mol. The number of aromatic nitrogens is 2. The highest BCUT2D eigenvalue weighted by molar-refractivity contribution is 6.32. The van der Waals surface area contributed by atoms with E-state index in [0.717, 1.165) is 25.3 Å². The molecule has 0 amide bonds. The molecule has 1 heterocycles. The molecule has 90 valence electrons. The summed E-state index contributed by atoms with van der Waals surface area (Å²) in [7, 11) is 0. The zero-order chi connectivity index (χ0) is 12.0. The first-order valence-electron chi connectivity index (χ1n) is 5.55. The van der Waals surface area contributed by atoms with Gasteiger partial charge in [0, 0.05) is 13.1 Å². The van der Waals surface area contributed by atoms with Gasteiger partial charge in [-0.05, 0) is 18.9 Å². The molecule has 0 aliphatic carbocycles. The molecule has 0 spiro atoms. The van der Waals surface area contributed by atoms with Gasteiger partial charge in [0.25, 0.3) is 0 Å². The van der Waals surface area contributed by atoms with Crippen LogP contribution < -0.4 is 10.6 Å². The molecule has 0 unspecified atom stereocenters. The Kier molecular flexibility index (Phi) is 5.49. The topological polar surface area (TPSA) is 55.0 Å². The van der Waals surface area contributed by atoms with Crippen LogP contribution in [0.2, 0.25) is 5.02 Å². The van der Waals surface area contributed by atoms with E-state index in [1.54, 1.807) is 6.20 Å². The Labute approximate surface area is 102 Å². The molecule has 1 rings (SSSR count). The summed E-state index contributed by atoms with van der Waals surface area (Å²) >= 11 is 6.08. The summed E-state index contributed by atoms with van der Waals surface area (Å²) < 4.78 is 0. The Balaban J connectivity index is 2.78. The van der Waals surface area contributed by atoms with Crippen molar-refractivity contribution in [2.24, 2.45) is 11.7 Å². The van der Waals surface area contributed by atoms with Gasteiger partial charge >= 0.3 is 0 Å². The summed E-state index contributed by atoms with van der Waals surface area (Å²) in [6.45, 7) is 6.83. The highest BCUT2D eigenvalue weighted by Crippen LogP contribution is 2.22. The average Bonchev–Trinajstić information content (AvgIpc) is 2.24. The largest absolute Gasteiger partial charge is 0.355 e. The molecule has 0 radical (unpaired) electrons. The van der Waals surface area contributed by atoms with Crippen LogP contribution >= 0.6 is 11.6 Å². The molecule has 0 bridgehead atoms. The maximum absolute atomic E-state index is 6.08. The molecule has 1 aromatic rings. The van der Waals surface area contributed by atoms with Gasteiger partial charge < -0.3 is 10.6 Å². The highest BCUT2D eigenvalue weighted by Gasteiger charge is 2.12.